The van der Waals surface area contributed by atoms with Gasteiger partial charge in [0.2, 0.25) is 0 Å². The summed E-state index contributed by atoms with van der Waals surface area (Å²) in [6.07, 6.45) is 0. The third-order valence-electron chi connectivity index (χ3n) is 1.43. The van der Waals surface area contributed by atoms with Gasteiger partial charge in [-0.25, -0.2) is 0 Å². The van der Waals surface area contributed by atoms with Crippen molar-refractivity contribution in [1.29, 1.82) is 0 Å². The zero-order chi connectivity index (χ0) is 17.1. The Morgan fingerprint density at radius 1 is 0.696 bits per heavy atom. The van der Waals surface area contributed by atoms with Crippen LogP contribution in [-0.4, -0.2) is 44.7 Å². The van der Waals surface area contributed by atoms with Gasteiger partial charge < -0.3 is 19.8 Å². The number of hydrogen-bond donors (Lipinski definition) is 0. The molecule has 0 aliphatic carbocycles. The summed E-state index contributed by atoms with van der Waals surface area (Å²) in [5, 5.41) is 18.5. The van der Waals surface area contributed by atoms with E-state index in [1.165, 1.54) is 0 Å². The summed E-state index contributed by atoms with van der Waals surface area (Å²) in [4.78, 5) is 18.5. The first-order valence-electron chi connectivity index (χ1n) is 5.88. The molecular formula is C16H14I2O4Sn. The number of carbonyl (C=O) groups excluding carboxylic acids is 2. The predicted molar refractivity (Wildman–Crippen MR) is 104 cm³/mol. The minimum absolute atomic E-state index is 0. The number of halogens is 2. The van der Waals surface area contributed by atoms with Crippen LogP contribution in [0.15, 0.2) is 60.7 Å². The van der Waals surface area contributed by atoms with Crippen molar-refractivity contribution < 1.29 is 19.8 Å². The fourth-order valence-corrected chi connectivity index (χ4v) is 0.684. The molecule has 0 amide bonds. The topological polar surface area (TPSA) is 80.3 Å². The monoisotopic (exact) mass is 644 g/mol. The molecule has 0 aromatic heterocycles. The van der Waals surface area contributed by atoms with Crippen molar-refractivity contribution in [2.45, 2.75) is 0 Å². The zero-order valence-corrected chi connectivity index (χ0v) is 19.2. The summed E-state index contributed by atoms with van der Waals surface area (Å²) in [5.74, 6) is -2.02. The first-order chi connectivity index (χ1) is 10.5. The van der Waals surface area contributed by atoms with Crippen LogP contribution in [0.1, 0.15) is 0 Å². The molecular weight excluding hydrogens is 629 g/mol. The minimum atomic E-state index is -1.01. The van der Waals surface area contributed by atoms with E-state index in [2.05, 4.69) is 12.1 Å². The van der Waals surface area contributed by atoms with Crippen LogP contribution in [0, 0.1) is 12.1 Å². The minimum Gasteiger partial charge on any atom is -0.549 e. The van der Waals surface area contributed by atoms with Gasteiger partial charge in [0.1, 0.15) is 0 Å². The van der Waals surface area contributed by atoms with E-state index in [-0.39, 0.29) is 32.8 Å². The van der Waals surface area contributed by atoms with Crippen LogP contribution in [0.5, 0.6) is 0 Å². The van der Waals surface area contributed by atoms with E-state index in [1.807, 2.05) is 60.7 Å². The number of aliphatic carboxylic acids is 2. The zero-order valence-electron chi connectivity index (χ0n) is 12.1. The van der Waals surface area contributed by atoms with Gasteiger partial charge in [-0.15, -0.1) is 0 Å². The van der Waals surface area contributed by atoms with Gasteiger partial charge in [0.25, 0.3) is 0 Å². The second-order valence-corrected chi connectivity index (χ2v) is 4.69. The Morgan fingerprint density at radius 2 is 0.913 bits per heavy atom. The molecule has 0 saturated carbocycles. The van der Waals surface area contributed by atoms with E-state index in [4.69, 9.17) is 0 Å². The standard InChI is InChI=1S/2C6H5.2C2H3IO2.Sn/c2*1-2-4-6-5-3-1;2*3-1-2(4)5;/h2*1-5H;2*1H2,(H,4,5);/q;;;;+2/p-2. The van der Waals surface area contributed by atoms with Crippen LogP contribution in [-0.2, 0) is 9.59 Å². The summed E-state index contributed by atoms with van der Waals surface area (Å²) in [6, 6.07) is 25.0. The molecule has 0 bridgehead atoms. The molecule has 2 rings (SSSR count). The normalized spacial score (nSPS) is 7.39. The van der Waals surface area contributed by atoms with Crippen molar-refractivity contribution in [3.05, 3.63) is 72.8 Å². The van der Waals surface area contributed by atoms with Crippen molar-refractivity contribution in [2.75, 3.05) is 8.86 Å². The number of hydrogen-bond acceptors (Lipinski definition) is 4. The predicted octanol–water partition coefficient (Wildman–Crippen LogP) is 0.935. The Bertz CT molecular complexity index is 371. The molecule has 0 fully saturated rings. The van der Waals surface area contributed by atoms with Gasteiger partial charge in [0, 0.05) is 8.86 Å². The quantitative estimate of drug-likeness (QED) is 0.278. The molecule has 2 aromatic carbocycles. The van der Waals surface area contributed by atoms with Gasteiger partial charge in [0.05, 0.1) is 11.9 Å². The SMILES string of the molecule is O=C([O-])CI.O=C([O-])CI.[Sn+2].[c]1ccccc1.[c]1ccccc1. The molecule has 23 heavy (non-hydrogen) atoms. The summed E-state index contributed by atoms with van der Waals surface area (Å²) >= 11 is 3.43. The van der Waals surface area contributed by atoms with Crippen molar-refractivity contribution in [2.24, 2.45) is 0 Å². The fraction of sp³-hybridized carbons (Fsp3) is 0.125. The number of alkyl halides is 2. The molecule has 7 heteroatoms. The first-order valence-corrected chi connectivity index (χ1v) is 8.93. The average Bonchev–Trinajstić information content (AvgIpc) is 2.59. The second-order valence-electron chi connectivity index (χ2n) is 3.17. The molecule has 120 valence electrons. The average molecular weight is 643 g/mol. The van der Waals surface area contributed by atoms with Crippen LogP contribution < -0.4 is 10.2 Å². The number of rotatable bonds is 2. The van der Waals surface area contributed by atoms with E-state index in [9.17, 15) is 19.8 Å². The van der Waals surface area contributed by atoms with Crippen molar-refractivity contribution >= 4 is 81.0 Å². The smallest absolute Gasteiger partial charge is 0.549 e. The van der Waals surface area contributed by atoms with Gasteiger partial charge in [0.15, 0.2) is 0 Å². The van der Waals surface area contributed by atoms with E-state index in [1.54, 1.807) is 45.2 Å². The largest absolute Gasteiger partial charge is 2.00 e. The van der Waals surface area contributed by atoms with Gasteiger partial charge in [-0.3, -0.25) is 0 Å². The van der Waals surface area contributed by atoms with Gasteiger partial charge in [-0.2, -0.15) is 0 Å². The summed E-state index contributed by atoms with van der Waals surface area (Å²) in [6.45, 7) is 0. The van der Waals surface area contributed by atoms with E-state index >= 15 is 0 Å². The molecule has 4 nitrogen and oxygen atoms in total. The molecule has 4 radical (unpaired) electrons. The van der Waals surface area contributed by atoms with Crippen LogP contribution >= 0.6 is 45.2 Å². The number of carbonyl (C=O) groups is 2. The molecule has 0 spiro atoms. The maximum Gasteiger partial charge on any atom is 2.00 e. The van der Waals surface area contributed by atoms with E-state index < -0.39 is 11.9 Å². The summed E-state index contributed by atoms with van der Waals surface area (Å²) in [7, 11) is 0. The number of carboxylic acid groups (broad SMARTS) is 2. The second kappa shape index (κ2) is 23.9. The third-order valence-corrected chi connectivity index (χ3v) is 2.68. The van der Waals surface area contributed by atoms with Gasteiger partial charge in [-0.1, -0.05) is 106 Å². The van der Waals surface area contributed by atoms with Crippen molar-refractivity contribution in [1.82, 2.24) is 0 Å². The Balaban J connectivity index is -0.000000230. The third kappa shape index (κ3) is 34.1. The molecule has 0 heterocycles. The molecule has 0 N–H and O–H groups in total. The van der Waals surface area contributed by atoms with E-state index in [0.29, 0.717) is 0 Å². The van der Waals surface area contributed by atoms with Crippen LogP contribution in [0.3, 0.4) is 0 Å². The molecule has 2 aromatic rings. The van der Waals surface area contributed by atoms with Crippen molar-refractivity contribution in [3.8, 4) is 0 Å². The maximum atomic E-state index is 9.25. The van der Waals surface area contributed by atoms with Crippen LogP contribution in [0.4, 0.5) is 0 Å². The number of benzene rings is 2. The van der Waals surface area contributed by atoms with E-state index in [0.717, 1.165) is 0 Å². The maximum absolute atomic E-state index is 9.25. The Hall–Kier alpha value is -0.361. The van der Waals surface area contributed by atoms with Crippen LogP contribution in [0.25, 0.3) is 0 Å². The summed E-state index contributed by atoms with van der Waals surface area (Å²) in [5.41, 5.74) is 0. The van der Waals surface area contributed by atoms with Crippen LogP contribution in [0.2, 0.25) is 0 Å². The fourth-order valence-electron chi connectivity index (χ4n) is 0.684. The molecule has 0 unspecified atom stereocenters. The Kier molecular flexibility index (Phi) is 28.6. The van der Waals surface area contributed by atoms with Crippen molar-refractivity contribution in [3.63, 3.8) is 0 Å². The van der Waals surface area contributed by atoms with Gasteiger partial charge in [-0.05, 0) is 12.1 Å². The first kappa shape index (κ1) is 27.5. The molecule has 0 atom stereocenters. The molecule has 0 aliphatic heterocycles. The molecule has 0 saturated heterocycles. The Morgan fingerprint density at radius 3 is 0.957 bits per heavy atom. The number of carboxylic acids is 2. The molecule has 0 aliphatic rings. The Labute approximate surface area is 180 Å². The summed E-state index contributed by atoms with van der Waals surface area (Å²) < 4.78 is 0.162. The van der Waals surface area contributed by atoms with Gasteiger partial charge >= 0.3 is 23.9 Å².